The van der Waals surface area contributed by atoms with E-state index in [0.29, 0.717) is 37.0 Å². The number of hydroxylamine groups is 2. The van der Waals surface area contributed by atoms with E-state index in [1.807, 2.05) is 45.2 Å². The number of rotatable bonds is 10. The zero-order valence-corrected chi connectivity index (χ0v) is 27.1. The van der Waals surface area contributed by atoms with Crippen LogP contribution >= 0.6 is 0 Å². The number of hydrogen-bond donors (Lipinski definition) is 0. The smallest absolute Gasteiger partial charge is 0.410 e. The number of esters is 1. The summed E-state index contributed by atoms with van der Waals surface area (Å²) >= 11 is 0. The monoisotopic (exact) mass is 633 g/mol. The Morgan fingerprint density at radius 1 is 0.978 bits per heavy atom. The van der Waals surface area contributed by atoms with Crippen LogP contribution in [0, 0.1) is 5.92 Å². The maximum Gasteiger partial charge on any atom is 0.410 e. The van der Waals surface area contributed by atoms with Crippen molar-refractivity contribution in [1.29, 1.82) is 0 Å². The summed E-state index contributed by atoms with van der Waals surface area (Å²) in [6.07, 6.45) is 2.11. The molecular formula is C34H41N4O8+. The topological polar surface area (TPSA) is 120 Å². The number of nitrogens with zero attached hydrogens (tertiary/aromatic N) is 4. The molecule has 0 spiro atoms. The maximum atomic E-state index is 13.1. The first-order valence-electron chi connectivity index (χ1n) is 15.3. The maximum absolute atomic E-state index is 13.1. The van der Waals surface area contributed by atoms with Crippen molar-refractivity contribution in [3.63, 3.8) is 0 Å². The summed E-state index contributed by atoms with van der Waals surface area (Å²) < 4.78 is 21.2. The number of ether oxygens (including phenoxy) is 3. The summed E-state index contributed by atoms with van der Waals surface area (Å²) in [7, 11) is 0. The molecule has 3 heterocycles. The minimum absolute atomic E-state index is 0.193. The molecule has 1 fully saturated rings. The molecule has 2 aliphatic heterocycles. The Kier molecular flexibility index (Phi) is 8.94. The molecule has 12 heteroatoms. The minimum atomic E-state index is -1.40. The lowest BCUT2D eigenvalue weighted by molar-refractivity contribution is -0.745. The van der Waals surface area contributed by atoms with E-state index in [9.17, 15) is 19.2 Å². The molecule has 0 aliphatic carbocycles. The highest BCUT2D eigenvalue weighted by Crippen LogP contribution is 2.26. The molecule has 1 atom stereocenters. The van der Waals surface area contributed by atoms with E-state index in [-0.39, 0.29) is 29.7 Å². The summed E-state index contributed by atoms with van der Waals surface area (Å²) in [6.45, 7) is 16.7. The van der Waals surface area contributed by atoms with Crippen molar-refractivity contribution < 1.29 is 42.9 Å². The van der Waals surface area contributed by atoms with Gasteiger partial charge in [-0.2, -0.15) is 4.68 Å². The normalized spacial score (nSPS) is 15.9. The summed E-state index contributed by atoms with van der Waals surface area (Å²) in [5.74, 6) is -1.39. The first-order valence-corrected chi connectivity index (χ1v) is 15.3. The van der Waals surface area contributed by atoms with Crippen molar-refractivity contribution in [3.8, 4) is 5.75 Å². The van der Waals surface area contributed by atoms with E-state index >= 15 is 0 Å². The second-order valence-corrected chi connectivity index (χ2v) is 13.5. The van der Waals surface area contributed by atoms with Gasteiger partial charge in [-0.3, -0.25) is 9.59 Å². The van der Waals surface area contributed by atoms with E-state index < -0.39 is 35.1 Å². The standard InChI is InChI=1S/C34H41N4O8/c1-8-15-37-27-14-13-24(16-23(27)20-36(37)19-22-17-35(18-22)32(42)45-34(5,6)7)43-21-28(31(41)44-33(2,3)4)46-38-29(39)25-11-9-10-12-26(25)30(38)40/h8-14,16,20,22,28H,1,15,17-19,21H2,2-7H3/q+1. The SMILES string of the molecule is C=CC[n+]1c2ccc(OCC(ON3C(=O)c4ccccc4C3=O)C(=O)OC(C)(C)C)cc2cn1CC1CN(C(=O)OC(C)(C)C)C1. The highest BCUT2D eigenvalue weighted by molar-refractivity contribution is 6.20. The summed E-state index contributed by atoms with van der Waals surface area (Å²) in [5.41, 5.74) is -0.0501. The average molecular weight is 634 g/mol. The fourth-order valence-electron chi connectivity index (χ4n) is 5.30. The van der Waals surface area contributed by atoms with Crippen molar-refractivity contribution >= 4 is 34.8 Å². The van der Waals surface area contributed by atoms with E-state index in [4.69, 9.17) is 19.0 Å². The fourth-order valence-corrected chi connectivity index (χ4v) is 5.30. The number of aromatic nitrogens is 2. The third-order valence-electron chi connectivity index (χ3n) is 7.29. The molecule has 2 aliphatic rings. The molecule has 1 unspecified atom stereocenters. The van der Waals surface area contributed by atoms with Gasteiger partial charge in [0.2, 0.25) is 11.6 Å². The van der Waals surface area contributed by atoms with E-state index in [0.717, 1.165) is 10.9 Å². The van der Waals surface area contributed by atoms with Crippen LogP contribution in [0.15, 0.2) is 61.3 Å². The highest BCUT2D eigenvalue weighted by atomic mass is 16.7. The van der Waals surface area contributed by atoms with Gasteiger partial charge in [0.1, 0.15) is 23.6 Å². The minimum Gasteiger partial charge on any atom is -0.490 e. The van der Waals surface area contributed by atoms with Crippen LogP contribution in [0.3, 0.4) is 0 Å². The highest BCUT2D eigenvalue weighted by Gasteiger charge is 2.41. The second kappa shape index (κ2) is 12.6. The Balaban J connectivity index is 1.29. The quantitative estimate of drug-likeness (QED) is 0.140. The predicted octanol–water partition coefficient (Wildman–Crippen LogP) is 4.30. The molecular weight excluding hydrogens is 592 g/mol. The van der Waals surface area contributed by atoms with Crippen molar-refractivity contribution in [2.45, 2.75) is 71.9 Å². The molecule has 3 amide bonds. The van der Waals surface area contributed by atoms with E-state index in [1.54, 1.807) is 43.9 Å². The van der Waals surface area contributed by atoms with Crippen molar-refractivity contribution in [2.24, 2.45) is 5.92 Å². The van der Waals surface area contributed by atoms with Crippen LogP contribution < -0.4 is 9.42 Å². The third kappa shape index (κ3) is 7.23. The predicted molar refractivity (Wildman–Crippen MR) is 167 cm³/mol. The first-order chi connectivity index (χ1) is 21.6. The molecule has 12 nitrogen and oxygen atoms in total. The second-order valence-electron chi connectivity index (χ2n) is 13.5. The molecule has 3 aromatic rings. The van der Waals surface area contributed by atoms with Gasteiger partial charge in [0.05, 0.1) is 29.3 Å². The fraction of sp³-hybridized carbons (Fsp3) is 0.441. The molecule has 0 bridgehead atoms. The molecule has 46 heavy (non-hydrogen) atoms. The average Bonchev–Trinajstić information content (AvgIpc) is 3.39. The number of likely N-dealkylation sites (tertiary alicyclic amines) is 1. The van der Waals surface area contributed by atoms with Gasteiger partial charge in [0.25, 0.3) is 11.8 Å². The van der Waals surface area contributed by atoms with Crippen LogP contribution in [0.1, 0.15) is 62.3 Å². The number of allylic oxidation sites excluding steroid dienone is 1. The van der Waals surface area contributed by atoms with Gasteiger partial charge in [-0.05, 0) is 71.9 Å². The Labute approximate surface area is 268 Å². The Hall–Kier alpha value is -4.71. The van der Waals surface area contributed by atoms with Gasteiger partial charge < -0.3 is 19.1 Å². The molecule has 0 N–H and O–H groups in total. The molecule has 2 aromatic carbocycles. The van der Waals surface area contributed by atoms with Crippen LogP contribution in [0.2, 0.25) is 0 Å². The van der Waals surface area contributed by atoms with Crippen LogP contribution in [-0.4, -0.2) is 75.5 Å². The zero-order valence-electron chi connectivity index (χ0n) is 27.1. The largest absolute Gasteiger partial charge is 0.490 e. The molecule has 0 saturated carbocycles. The van der Waals surface area contributed by atoms with Crippen LogP contribution in [-0.2, 0) is 32.2 Å². The van der Waals surface area contributed by atoms with Gasteiger partial charge in [0.15, 0.2) is 6.54 Å². The number of imide groups is 1. The summed E-state index contributed by atoms with van der Waals surface area (Å²) in [4.78, 5) is 58.7. The molecule has 0 radical (unpaired) electrons. The summed E-state index contributed by atoms with van der Waals surface area (Å²) in [5, 5.41) is 1.48. The molecule has 1 saturated heterocycles. The van der Waals surface area contributed by atoms with Crippen molar-refractivity contribution in [2.75, 3.05) is 19.7 Å². The van der Waals surface area contributed by atoms with Gasteiger partial charge in [-0.25, -0.2) is 14.4 Å². The lowest BCUT2D eigenvalue weighted by Crippen LogP contribution is -2.55. The van der Waals surface area contributed by atoms with Gasteiger partial charge >= 0.3 is 12.1 Å². The first kappa shape index (κ1) is 32.7. The Morgan fingerprint density at radius 3 is 2.20 bits per heavy atom. The van der Waals surface area contributed by atoms with Crippen LogP contribution in [0.5, 0.6) is 5.75 Å². The summed E-state index contributed by atoms with van der Waals surface area (Å²) in [6, 6.07) is 11.9. The van der Waals surface area contributed by atoms with Gasteiger partial charge in [0, 0.05) is 25.1 Å². The Morgan fingerprint density at radius 2 is 1.61 bits per heavy atom. The van der Waals surface area contributed by atoms with Crippen molar-refractivity contribution in [1.82, 2.24) is 14.6 Å². The third-order valence-corrected chi connectivity index (χ3v) is 7.29. The van der Waals surface area contributed by atoms with E-state index in [2.05, 4.69) is 15.9 Å². The van der Waals surface area contributed by atoms with Crippen LogP contribution in [0.25, 0.3) is 10.9 Å². The van der Waals surface area contributed by atoms with Gasteiger partial charge in [-0.1, -0.05) is 18.7 Å². The molecule has 1 aromatic heterocycles. The number of fused-ring (bicyclic) bond motifs is 2. The lowest BCUT2D eigenvalue weighted by Gasteiger charge is -2.39. The molecule has 5 rings (SSSR count). The van der Waals surface area contributed by atoms with Crippen molar-refractivity contribution in [3.05, 3.63) is 72.4 Å². The number of benzene rings is 2. The number of amides is 3. The number of carbonyl (C=O) groups excluding carboxylic acids is 4. The number of carbonyl (C=O) groups is 4. The Bertz CT molecular complexity index is 1640. The van der Waals surface area contributed by atoms with E-state index in [1.165, 1.54) is 12.1 Å². The number of hydrogen-bond acceptors (Lipinski definition) is 8. The van der Waals surface area contributed by atoms with Gasteiger partial charge in [-0.15, -0.1) is 9.75 Å². The molecule has 244 valence electrons. The lowest BCUT2D eigenvalue weighted by atomic mass is 10.0. The zero-order chi connectivity index (χ0) is 33.4. The van der Waals surface area contributed by atoms with Crippen LogP contribution in [0.4, 0.5) is 4.79 Å².